The van der Waals surface area contributed by atoms with Gasteiger partial charge in [-0.05, 0) is 12.8 Å². The Balaban J connectivity index is 2.42. The molecule has 0 aromatic heterocycles. The molecule has 13 heavy (non-hydrogen) atoms. The van der Waals surface area contributed by atoms with Crippen LogP contribution in [0.25, 0.3) is 0 Å². The molecule has 1 saturated heterocycles. The van der Waals surface area contributed by atoms with Crippen molar-refractivity contribution in [2.45, 2.75) is 12.8 Å². The molecule has 0 aliphatic carbocycles. The van der Waals surface area contributed by atoms with Crippen LogP contribution in [-0.4, -0.2) is 37.6 Å². The van der Waals surface area contributed by atoms with Gasteiger partial charge in [-0.15, -0.1) is 0 Å². The van der Waals surface area contributed by atoms with Crippen LogP contribution in [0.4, 0.5) is 4.79 Å². The first-order valence-electron chi connectivity index (χ1n) is 4.29. The van der Waals surface area contributed by atoms with Gasteiger partial charge in [-0.3, -0.25) is 0 Å². The molecule has 0 atom stereocenters. The quantitative estimate of drug-likeness (QED) is 0.648. The van der Waals surface area contributed by atoms with Crippen molar-refractivity contribution in [1.82, 2.24) is 0 Å². The molecule has 0 bridgehead atoms. The fraction of sp³-hybridized carbons (Fsp3) is 0.875. The van der Waals surface area contributed by atoms with E-state index in [1.807, 2.05) is 0 Å². The highest BCUT2D eigenvalue weighted by Gasteiger charge is 2.33. The van der Waals surface area contributed by atoms with Crippen molar-refractivity contribution in [1.29, 1.82) is 0 Å². The Labute approximate surface area is 76.8 Å². The van der Waals surface area contributed by atoms with E-state index in [2.05, 4.69) is 0 Å². The minimum absolute atomic E-state index is 0.00361. The Morgan fingerprint density at radius 2 is 2.15 bits per heavy atom. The van der Waals surface area contributed by atoms with Crippen LogP contribution in [0.1, 0.15) is 12.8 Å². The highest BCUT2D eigenvalue weighted by atomic mass is 16.5. The van der Waals surface area contributed by atoms with Gasteiger partial charge < -0.3 is 20.3 Å². The van der Waals surface area contributed by atoms with Crippen LogP contribution in [-0.2, 0) is 9.47 Å². The lowest BCUT2D eigenvalue weighted by atomic mass is 9.82. The lowest BCUT2D eigenvalue weighted by molar-refractivity contribution is -0.0475. The summed E-state index contributed by atoms with van der Waals surface area (Å²) in [6, 6.07) is 0. The summed E-state index contributed by atoms with van der Waals surface area (Å²) >= 11 is 0. The minimum Gasteiger partial charge on any atom is -0.449 e. The molecule has 1 fully saturated rings. The first kappa shape index (κ1) is 10.3. The Morgan fingerprint density at radius 1 is 1.54 bits per heavy atom. The highest BCUT2D eigenvalue weighted by molar-refractivity contribution is 5.64. The van der Waals surface area contributed by atoms with E-state index in [1.165, 1.54) is 0 Å². The molecule has 1 aliphatic rings. The number of carbonyl (C=O) groups excluding carboxylic acids is 1. The molecular formula is C8H15NO4. The van der Waals surface area contributed by atoms with Crippen LogP contribution in [0.15, 0.2) is 0 Å². The smallest absolute Gasteiger partial charge is 0.404 e. The molecule has 0 aromatic rings. The van der Waals surface area contributed by atoms with Crippen LogP contribution >= 0.6 is 0 Å². The second-order valence-corrected chi connectivity index (χ2v) is 3.38. The maximum Gasteiger partial charge on any atom is 0.404 e. The molecule has 1 rings (SSSR count). The van der Waals surface area contributed by atoms with Gasteiger partial charge in [-0.2, -0.15) is 0 Å². The van der Waals surface area contributed by atoms with Crippen LogP contribution in [0, 0.1) is 5.41 Å². The Morgan fingerprint density at radius 3 is 2.62 bits per heavy atom. The van der Waals surface area contributed by atoms with E-state index in [9.17, 15) is 4.79 Å². The molecule has 5 nitrogen and oxygen atoms in total. The summed E-state index contributed by atoms with van der Waals surface area (Å²) < 4.78 is 9.85. The van der Waals surface area contributed by atoms with Gasteiger partial charge in [0.05, 0.1) is 6.61 Å². The standard InChI is InChI=1S/C8H15NO4/c9-7(11)13-6-8(5-10)1-3-12-4-2-8/h10H,1-6H2,(H2,9,11). The average Bonchev–Trinajstić information content (AvgIpc) is 2.16. The van der Waals surface area contributed by atoms with Gasteiger partial charge in [0.15, 0.2) is 0 Å². The van der Waals surface area contributed by atoms with E-state index < -0.39 is 6.09 Å². The number of aliphatic hydroxyl groups excluding tert-OH is 1. The lowest BCUT2D eigenvalue weighted by Crippen LogP contribution is -2.38. The topological polar surface area (TPSA) is 81.8 Å². The fourth-order valence-corrected chi connectivity index (χ4v) is 1.38. The van der Waals surface area contributed by atoms with Crippen LogP contribution in [0.5, 0.6) is 0 Å². The molecule has 0 radical (unpaired) electrons. The number of amides is 1. The number of nitrogens with two attached hydrogens (primary N) is 1. The number of hydrogen-bond acceptors (Lipinski definition) is 4. The molecule has 1 heterocycles. The first-order chi connectivity index (χ1) is 6.18. The summed E-state index contributed by atoms with van der Waals surface area (Å²) in [6.45, 7) is 1.39. The highest BCUT2D eigenvalue weighted by Crippen LogP contribution is 2.29. The number of hydrogen-bond donors (Lipinski definition) is 2. The third-order valence-corrected chi connectivity index (χ3v) is 2.41. The number of ether oxygens (including phenoxy) is 2. The molecule has 0 spiro atoms. The minimum atomic E-state index is -0.792. The van der Waals surface area contributed by atoms with Gasteiger partial charge in [0, 0.05) is 18.6 Å². The van der Waals surface area contributed by atoms with E-state index in [0.717, 1.165) is 0 Å². The second kappa shape index (κ2) is 4.43. The molecule has 0 unspecified atom stereocenters. The van der Waals surface area contributed by atoms with Crippen LogP contribution in [0.2, 0.25) is 0 Å². The summed E-state index contributed by atoms with van der Waals surface area (Å²) in [6.07, 6.45) is 0.618. The van der Waals surface area contributed by atoms with Crippen LogP contribution in [0.3, 0.4) is 0 Å². The average molecular weight is 189 g/mol. The maximum atomic E-state index is 10.4. The Hall–Kier alpha value is -0.810. The Kier molecular flexibility index (Phi) is 3.50. The third-order valence-electron chi connectivity index (χ3n) is 2.41. The molecule has 76 valence electrons. The van der Waals surface area contributed by atoms with Crippen molar-refractivity contribution in [3.8, 4) is 0 Å². The fourth-order valence-electron chi connectivity index (χ4n) is 1.38. The molecule has 5 heteroatoms. The van der Waals surface area contributed by atoms with Gasteiger partial charge in [-0.1, -0.05) is 0 Å². The number of primary amides is 1. The van der Waals surface area contributed by atoms with Crippen molar-refractivity contribution in [2.75, 3.05) is 26.4 Å². The third kappa shape index (κ3) is 2.86. The lowest BCUT2D eigenvalue weighted by Gasteiger charge is -2.34. The van der Waals surface area contributed by atoms with Crippen LogP contribution < -0.4 is 5.73 Å². The zero-order valence-electron chi connectivity index (χ0n) is 7.49. The normalized spacial score (nSPS) is 21.0. The maximum absolute atomic E-state index is 10.4. The summed E-state index contributed by atoms with van der Waals surface area (Å²) in [7, 11) is 0. The summed E-state index contributed by atoms with van der Waals surface area (Å²) in [5, 5.41) is 9.17. The number of carbonyl (C=O) groups is 1. The zero-order valence-corrected chi connectivity index (χ0v) is 7.49. The molecule has 1 amide bonds. The summed E-state index contributed by atoms with van der Waals surface area (Å²) in [5.41, 5.74) is 4.51. The molecular weight excluding hydrogens is 174 g/mol. The molecule has 0 saturated carbocycles. The van der Waals surface area contributed by atoms with E-state index in [1.54, 1.807) is 0 Å². The van der Waals surface area contributed by atoms with E-state index in [-0.39, 0.29) is 18.6 Å². The van der Waals surface area contributed by atoms with Crippen molar-refractivity contribution in [3.05, 3.63) is 0 Å². The molecule has 1 aliphatic heterocycles. The van der Waals surface area contributed by atoms with Crippen molar-refractivity contribution in [3.63, 3.8) is 0 Å². The van der Waals surface area contributed by atoms with Gasteiger partial charge >= 0.3 is 6.09 Å². The van der Waals surface area contributed by atoms with E-state index in [0.29, 0.717) is 26.1 Å². The van der Waals surface area contributed by atoms with Crippen molar-refractivity contribution in [2.24, 2.45) is 11.1 Å². The first-order valence-corrected chi connectivity index (χ1v) is 4.29. The summed E-state index contributed by atoms with van der Waals surface area (Å²) in [4.78, 5) is 10.4. The van der Waals surface area contributed by atoms with E-state index >= 15 is 0 Å². The molecule has 3 N–H and O–H groups in total. The number of aliphatic hydroxyl groups is 1. The van der Waals surface area contributed by atoms with Gasteiger partial charge in [0.25, 0.3) is 0 Å². The predicted octanol–water partition coefficient (Wildman–Crippen LogP) is -0.129. The van der Waals surface area contributed by atoms with Gasteiger partial charge in [0.2, 0.25) is 0 Å². The molecule has 0 aromatic carbocycles. The largest absolute Gasteiger partial charge is 0.449 e. The van der Waals surface area contributed by atoms with Gasteiger partial charge in [-0.25, -0.2) is 4.79 Å². The van der Waals surface area contributed by atoms with Crippen molar-refractivity contribution >= 4 is 6.09 Å². The Bertz CT molecular complexity index is 177. The summed E-state index contributed by atoms with van der Waals surface area (Å²) in [5.74, 6) is 0. The number of rotatable bonds is 3. The zero-order chi connectivity index (χ0) is 9.73. The monoisotopic (exact) mass is 189 g/mol. The van der Waals surface area contributed by atoms with Gasteiger partial charge in [0.1, 0.15) is 6.61 Å². The predicted molar refractivity (Wildman–Crippen MR) is 45.1 cm³/mol. The second-order valence-electron chi connectivity index (χ2n) is 3.38. The van der Waals surface area contributed by atoms with Crippen molar-refractivity contribution < 1.29 is 19.4 Å². The van der Waals surface area contributed by atoms with E-state index in [4.69, 9.17) is 20.3 Å². The SMILES string of the molecule is NC(=O)OCC1(CO)CCOCC1.